The Morgan fingerprint density at radius 3 is 1.62 bits per heavy atom. The highest BCUT2D eigenvalue weighted by Crippen LogP contribution is 2.41. The summed E-state index contributed by atoms with van der Waals surface area (Å²) in [6, 6.07) is 58.9. The van der Waals surface area contributed by atoms with Crippen LogP contribution in [0.4, 0.5) is 0 Å². The Labute approximate surface area is 277 Å². The van der Waals surface area contributed by atoms with E-state index in [-0.39, 0.29) is 0 Å². The largest absolute Gasteiger partial charge is 0.309 e. The smallest absolute Gasteiger partial charge is 0.101 e. The molecule has 0 aliphatic rings. The fourth-order valence-electron chi connectivity index (χ4n) is 7.34. The van der Waals surface area contributed by atoms with E-state index in [1.165, 1.54) is 21.8 Å². The molecule has 9 aromatic rings. The molecule has 0 spiro atoms. The Kier molecular flexibility index (Phi) is 6.22. The molecule has 9 rings (SSSR count). The molecule has 48 heavy (non-hydrogen) atoms. The van der Waals surface area contributed by atoms with Crippen molar-refractivity contribution in [2.24, 2.45) is 0 Å². The third kappa shape index (κ3) is 4.07. The van der Waals surface area contributed by atoms with E-state index in [2.05, 4.69) is 130 Å². The summed E-state index contributed by atoms with van der Waals surface area (Å²) in [7, 11) is 0. The lowest BCUT2D eigenvalue weighted by atomic mass is 9.92. The highest BCUT2D eigenvalue weighted by molar-refractivity contribution is 6.12. The minimum atomic E-state index is 0.575. The van der Waals surface area contributed by atoms with E-state index in [4.69, 9.17) is 0 Å². The SMILES string of the molecule is N#Cc1ccc(-n2c3ccccc3c3cccc(C#N)c32)c(-c2ccccc2-c2ccc(-n3c4ccccc4c4ccccc43)cc2)c1. The molecule has 0 aliphatic carbocycles. The van der Waals surface area contributed by atoms with Gasteiger partial charge in [0, 0.05) is 32.8 Å². The summed E-state index contributed by atoms with van der Waals surface area (Å²) < 4.78 is 4.51. The van der Waals surface area contributed by atoms with Crippen molar-refractivity contribution in [1.29, 1.82) is 10.5 Å². The molecule has 0 amide bonds. The summed E-state index contributed by atoms with van der Waals surface area (Å²) in [4.78, 5) is 0. The zero-order chi connectivity index (χ0) is 32.2. The van der Waals surface area contributed by atoms with Gasteiger partial charge in [-0.15, -0.1) is 0 Å². The molecule has 0 unspecified atom stereocenters. The number of hydrogen-bond acceptors (Lipinski definition) is 2. The van der Waals surface area contributed by atoms with Crippen LogP contribution >= 0.6 is 0 Å². The van der Waals surface area contributed by atoms with E-state index in [0.29, 0.717) is 11.1 Å². The van der Waals surface area contributed by atoms with Gasteiger partial charge in [-0.05, 0) is 71.3 Å². The van der Waals surface area contributed by atoms with Crippen LogP contribution in [0.2, 0.25) is 0 Å². The first-order chi connectivity index (χ1) is 23.7. The van der Waals surface area contributed by atoms with Gasteiger partial charge in [0.05, 0.1) is 45.0 Å². The van der Waals surface area contributed by atoms with E-state index in [1.807, 2.05) is 48.5 Å². The first kappa shape index (κ1) is 27.4. The minimum Gasteiger partial charge on any atom is -0.309 e. The number of aromatic nitrogens is 2. The summed E-state index contributed by atoms with van der Waals surface area (Å²) in [6.07, 6.45) is 0. The molecule has 2 heterocycles. The third-order valence-corrected chi connectivity index (χ3v) is 9.42. The van der Waals surface area contributed by atoms with Gasteiger partial charge in [-0.25, -0.2) is 0 Å². The van der Waals surface area contributed by atoms with Crippen molar-refractivity contribution >= 4 is 43.6 Å². The molecule has 0 aliphatic heterocycles. The van der Waals surface area contributed by atoms with E-state index in [1.54, 1.807) is 0 Å². The molecule has 4 heteroatoms. The first-order valence-corrected chi connectivity index (χ1v) is 15.9. The lowest BCUT2D eigenvalue weighted by Gasteiger charge is -2.18. The molecule has 0 atom stereocenters. The molecule has 0 radical (unpaired) electrons. The van der Waals surface area contributed by atoms with Crippen LogP contribution in [0.3, 0.4) is 0 Å². The van der Waals surface area contributed by atoms with Gasteiger partial charge in [0.1, 0.15) is 6.07 Å². The first-order valence-electron chi connectivity index (χ1n) is 15.9. The Morgan fingerprint density at radius 1 is 0.417 bits per heavy atom. The monoisotopic (exact) mass is 610 g/mol. The van der Waals surface area contributed by atoms with Gasteiger partial charge in [-0.2, -0.15) is 10.5 Å². The number of hydrogen-bond donors (Lipinski definition) is 0. The van der Waals surface area contributed by atoms with Gasteiger partial charge in [0.25, 0.3) is 0 Å². The number of fused-ring (bicyclic) bond motifs is 6. The Balaban J connectivity index is 1.25. The maximum atomic E-state index is 10.2. The molecular formula is C44H26N4. The number of rotatable bonds is 4. The predicted octanol–water partition coefficient (Wildman–Crippen LogP) is 11.0. The second-order valence-electron chi connectivity index (χ2n) is 12.0. The average Bonchev–Trinajstić information content (AvgIpc) is 3.68. The van der Waals surface area contributed by atoms with Crippen molar-refractivity contribution < 1.29 is 0 Å². The summed E-state index contributed by atoms with van der Waals surface area (Å²) >= 11 is 0. The summed E-state index contributed by atoms with van der Waals surface area (Å²) in [6.45, 7) is 0. The Bertz CT molecular complexity index is 2750. The molecule has 0 fully saturated rings. The van der Waals surface area contributed by atoms with E-state index < -0.39 is 0 Å². The zero-order valence-electron chi connectivity index (χ0n) is 25.8. The Hall–Kier alpha value is -6.88. The van der Waals surface area contributed by atoms with Gasteiger partial charge >= 0.3 is 0 Å². The highest BCUT2D eigenvalue weighted by atomic mass is 15.0. The van der Waals surface area contributed by atoms with E-state index in [9.17, 15) is 10.5 Å². The molecule has 0 N–H and O–H groups in total. The second kappa shape index (κ2) is 10.9. The fourth-order valence-corrected chi connectivity index (χ4v) is 7.34. The Morgan fingerprint density at radius 2 is 0.979 bits per heavy atom. The van der Waals surface area contributed by atoms with Crippen LogP contribution in [0.15, 0.2) is 158 Å². The molecule has 0 bridgehead atoms. The van der Waals surface area contributed by atoms with E-state index in [0.717, 1.165) is 55.4 Å². The molecule has 7 aromatic carbocycles. The molecule has 2 aromatic heterocycles. The molecule has 4 nitrogen and oxygen atoms in total. The van der Waals surface area contributed by atoms with Gasteiger partial charge in [-0.1, -0.05) is 103 Å². The number of nitriles is 2. The minimum absolute atomic E-state index is 0.575. The van der Waals surface area contributed by atoms with Crippen molar-refractivity contribution in [3.8, 4) is 45.8 Å². The van der Waals surface area contributed by atoms with Gasteiger partial charge in [0.2, 0.25) is 0 Å². The molecular weight excluding hydrogens is 585 g/mol. The molecule has 222 valence electrons. The van der Waals surface area contributed by atoms with Crippen LogP contribution in [0.5, 0.6) is 0 Å². The highest BCUT2D eigenvalue weighted by Gasteiger charge is 2.20. The van der Waals surface area contributed by atoms with Crippen molar-refractivity contribution in [1.82, 2.24) is 9.13 Å². The summed E-state index contributed by atoms with van der Waals surface area (Å²) in [5.74, 6) is 0. The summed E-state index contributed by atoms with van der Waals surface area (Å²) in [5, 5.41) is 24.8. The van der Waals surface area contributed by atoms with Crippen molar-refractivity contribution in [2.75, 3.05) is 0 Å². The number of nitrogens with zero attached hydrogens (tertiary/aromatic N) is 4. The van der Waals surface area contributed by atoms with Crippen LogP contribution in [0, 0.1) is 22.7 Å². The maximum absolute atomic E-state index is 10.2. The lowest BCUT2D eigenvalue weighted by molar-refractivity contribution is 1.17. The van der Waals surface area contributed by atoms with Crippen molar-refractivity contribution in [3.63, 3.8) is 0 Å². The number of para-hydroxylation sites is 4. The van der Waals surface area contributed by atoms with Crippen LogP contribution < -0.4 is 0 Å². The van der Waals surface area contributed by atoms with Crippen LogP contribution in [0.25, 0.3) is 77.2 Å². The third-order valence-electron chi connectivity index (χ3n) is 9.42. The van der Waals surface area contributed by atoms with Gasteiger partial charge in [0.15, 0.2) is 0 Å². The topological polar surface area (TPSA) is 57.4 Å². The average molecular weight is 611 g/mol. The molecule has 0 saturated carbocycles. The van der Waals surface area contributed by atoms with Gasteiger partial charge in [-0.3, -0.25) is 0 Å². The predicted molar refractivity (Wildman–Crippen MR) is 195 cm³/mol. The lowest BCUT2D eigenvalue weighted by Crippen LogP contribution is -2.00. The quantitative estimate of drug-likeness (QED) is 0.199. The standard InChI is InChI=1S/C44H26N4/c45-27-29-20-25-43(48-42-19-8-5-15-37(42)38-16-9-10-31(28-46)44(38)48)39(26-29)34-12-2-1-11-33(34)30-21-23-32(24-22-30)47-40-17-6-3-13-35(40)36-14-4-7-18-41(36)47/h1-26H. The number of benzene rings is 7. The second-order valence-corrected chi connectivity index (χ2v) is 12.0. The van der Waals surface area contributed by atoms with Gasteiger partial charge < -0.3 is 9.13 Å². The van der Waals surface area contributed by atoms with Crippen molar-refractivity contribution in [2.45, 2.75) is 0 Å². The van der Waals surface area contributed by atoms with Crippen LogP contribution in [-0.2, 0) is 0 Å². The van der Waals surface area contributed by atoms with E-state index >= 15 is 0 Å². The van der Waals surface area contributed by atoms with Crippen molar-refractivity contribution in [3.05, 3.63) is 169 Å². The summed E-state index contributed by atoms with van der Waals surface area (Å²) in [5.41, 5.74) is 11.5. The normalized spacial score (nSPS) is 11.3. The van der Waals surface area contributed by atoms with Crippen LogP contribution in [-0.4, -0.2) is 9.13 Å². The fraction of sp³-hybridized carbons (Fsp3) is 0. The zero-order valence-corrected chi connectivity index (χ0v) is 25.8. The molecule has 0 saturated heterocycles. The van der Waals surface area contributed by atoms with Crippen LogP contribution in [0.1, 0.15) is 11.1 Å². The maximum Gasteiger partial charge on any atom is 0.101 e.